The highest BCUT2D eigenvalue weighted by Gasteiger charge is 2.52. The van der Waals surface area contributed by atoms with Crippen LogP contribution < -0.4 is 4.74 Å². The molecule has 0 heterocycles. The van der Waals surface area contributed by atoms with Crippen LogP contribution in [0.2, 0.25) is 0 Å². The Kier molecular flexibility index (Phi) is 3.97. The number of Topliss-reactive ketones (excluding diaryl/α,β-unsaturated/α-hetero) is 3. The van der Waals surface area contributed by atoms with Crippen molar-refractivity contribution >= 4 is 28.1 Å². The molecule has 0 bridgehead atoms. The van der Waals surface area contributed by atoms with E-state index in [9.17, 15) is 29.7 Å². The molecule has 0 aromatic heterocycles. The topological polar surface area (TPSA) is 121 Å². The Morgan fingerprint density at radius 1 is 1.11 bits per heavy atom. The van der Waals surface area contributed by atoms with E-state index in [0.29, 0.717) is 0 Å². The predicted molar refractivity (Wildman–Crippen MR) is 99.0 cm³/mol. The van der Waals surface area contributed by atoms with Gasteiger partial charge in [0.1, 0.15) is 22.8 Å². The summed E-state index contributed by atoms with van der Waals surface area (Å²) in [4.78, 5) is 38.2. The van der Waals surface area contributed by atoms with Gasteiger partial charge in [0.2, 0.25) is 0 Å². The standard InChI is InChI=1S/C21H20O7/c1-9(22)21(27)7-6-10-12(8-21)19(25)15-16(17(10)23)20(26)14-11(18(15)24)4-3-5-13(14)28-2/h3-5,10,12,24,26-27H,6-8H2,1-2H3/t10?,12?,21-/m1/s1. The van der Waals surface area contributed by atoms with Gasteiger partial charge in [-0.2, -0.15) is 0 Å². The number of carbonyl (C=O) groups excluding carboxylic acids is 3. The zero-order valence-electron chi connectivity index (χ0n) is 15.5. The summed E-state index contributed by atoms with van der Waals surface area (Å²) in [7, 11) is 1.40. The molecule has 1 saturated carbocycles. The van der Waals surface area contributed by atoms with E-state index >= 15 is 0 Å². The quantitative estimate of drug-likeness (QED) is 0.680. The van der Waals surface area contributed by atoms with E-state index in [1.165, 1.54) is 20.1 Å². The molecule has 7 heteroatoms. The SMILES string of the molecule is COc1cccc2c(O)c3c(c(O)c12)C(=O)C1CC[C@](O)(C(C)=O)CC1C3=O. The first-order valence-electron chi connectivity index (χ1n) is 9.07. The lowest BCUT2D eigenvalue weighted by atomic mass is 9.62. The average Bonchev–Trinajstić information content (AvgIpc) is 2.68. The molecule has 2 unspecified atom stereocenters. The van der Waals surface area contributed by atoms with Gasteiger partial charge in [-0.05, 0) is 32.3 Å². The van der Waals surface area contributed by atoms with E-state index in [-0.39, 0.29) is 46.9 Å². The van der Waals surface area contributed by atoms with Gasteiger partial charge in [-0.1, -0.05) is 12.1 Å². The smallest absolute Gasteiger partial charge is 0.171 e. The Balaban J connectivity index is 1.97. The van der Waals surface area contributed by atoms with Crippen LogP contribution in [0.15, 0.2) is 18.2 Å². The fourth-order valence-corrected chi connectivity index (χ4v) is 4.60. The van der Waals surface area contributed by atoms with Gasteiger partial charge in [0.15, 0.2) is 17.3 Å². The molecule has 2 aliphatic rings. The maximum atomic E-state index is 13.2. The fourth-order valence-electron chi connectivity index (χ4n) is 4.60. The second kappa shape index (κ2) is 6.04. The summed E-state index contributed by atoms with van der Waals surface area (Å²) in [6, 6.07) is 4.70. The molecule has 0 saturated heterocycles. The minimum atomic E-state index is -1.66. The first kappa shape index (κ1) is 18.4. The number of ketones is 3. The van der Waals surface area contributed by atoms with Crippen molar-refractivity contribution in [1.29, 1.82) is 0 Å². The maximum absolute atomic E-state index is 13.2. The van der Waals surface area contributed by atoms with E-state index in [4.69, 9.17) is 4.74 Å². The Morgan fingerprint density at radius 2 is 1.75 bits per heavy atom. The summed E-state index contributed by atoms with van der Waals surface area (Å²) in [6.45, 7) is 1.26. The third kappa shape index (κ3) is 2.29. The van der Waals surface area contributed by atoms with E-state index < -0.39 is 46.3 Å². The molecule has 0 radical (unpaired) electrons. The van der Waals surface area contributed by atoms with Crippen LogP contribution in [0.1, 0.15) is 46.9 Å². The Bertz CT molecular complexity index is 1050. The summed E-state index contributed by atoms with van der Waals surface area (Å²) < 4.78 is 5.24. The molecule has 7 nitrogen and oxygen atoms in total. The van der Waals surface area contributed by atoms with Gasteiger partial charge in [-0.15, -0.1) is 0 Å². The van der Waals surface area contributed by atoms with Gasteiger partial charge < -0.3 is 20.1 Å². The number of methoxy groups -OCH3 is 1. The van der Waals surface area contributed by atoms with Crippen molar-refractivity contribution in [1.82, 2.24) is 0 Å². The Morgan fingerprint density at radius 3 is 2.39 bits per heavy atom. The van der Waals surface area contributed by atoms with Crippen LogP contribution in [0.25, 0.3) is 10.8 Å². The number of phenolic OH excluding ortho intramolecular Hbond substituents is 2. The minimum Gasteiger partial charge on any atom is -0.507 e. The van der Waals surface area contributed by atoms with Crippen LogP contribution >= 0.6 is 0 Å². The lowest BCUT2D eigenvalue weighted by Gasteiger charge is -2.41. The molecule has 146 valence electrons. The second-order valence-corrected chi connectivity index (χ2v) is 7.60. The molecule has 2 aromatic carbocycles. The number of aromatic hydroxyl groups is 2. The van der Waals surface area contributed by atoms with Crippen LogP contribution in [0.4, 0.5) is 0 Å². The van der Waals surface area contributed by atoms with Crippen molar-refractivity contribution in [3.63, 3.8) is 0 Å². The third-order valence-corrected chi connectivity index (χ3v) is 6.20. The number of carbonyl (C=O) groups is 3. The van der Waals surface area contributed by atoms with E-state index in [2.05, 4.69) is 0 Å². The average molecular weight is 384 g/mol. The number of hydrogen-bond acceptors (Lipinski definition) is 7. The molecule has 0 aliphatic heterocycles. The number of ether oxygens (including phenoxy) is 1. The van der Waals surface area contributed by atoms with Gasteiger partial charge in [0.05, 0.1) is 23.6 Å². The van der Waals surface area contributed by atoms with Crippen molar-refractivity contribution in [3.05, 3.63) is 29.3 Å². The Labute approximate surface area is 160 Å². The summed E-state index contributed by atoms with van der Waals surface area (Å²) in [5, 5.41) is 32.5. The summed E-state index contributed by atoms with van der Waals surface area (Å²) >= 11 is 0. The maximum Gasteiger partial charge on any atom is 0.171 e. The van der Waals surface area contributed by atoms with Crippen LogP contribution in [0.5, 0.6) is 17.2 Å². The monoisotopic (exact) mass is 384 g/mol. The molecular weight excluding hydrogens is 364 g/mol. The van der Waals surface area contributed by atoms with Crippen LogP contribution in [0.3, 0.4) is 0 Å². The van der Waals surface area contributed by atoms with Crippen LogP contribution in [-0.4, -0.2) is 45.4 Å². The number of fused-ring (bicyclic) bond motifs is 3. The highest BCUT2D eigenvalue weighted by Crippen LogP contribution is 2.51. The van der Waals surface area contributed by atoms with Crippen LogP contribution in [0, 0.1) is 11.8 Å². The molecule has 4 rings (SSSR count). The Hall–Kier alpha value is -2.93. The molecular formula is C21H20O7. The van der Waals surface area contributed by atoms with Crippen molar-refractivity contribution in [2.24, 2.45) is 11.8 Å². The molecule has 2 aromatic rings. The predicted octanol–water partition coefficient (Wildman–Crippen LogP) is 2.38. The lowest BCUT2D eigenvalue weighted by molar-refractivity contribution is -0.140. The molecule has 3 N–H and O–H groups in total. The fraction of sp³-hybridized carbons (Fsp3) is 0.381. The summed E-state index contributed by atoms with van der Waals surface area (Å²) in [6.07, 6.45) is 0.0454. The number of benzene rings is 2. The zero-order valence-corrected chi connectivity index (χ0v) is 15.5. The van der Waals surface area contributed by atoms with E-state index in [1.807, 2.05) is 0 Å². The zero-order chi connectivity index (χ0) is 20.4. The second-order valence-electron chi connectivity index (χ2n) is 7.60. The highest BCUT2D eigenvalue weighted by molar-refractivity contribution is 6.23. The van der Waals surface area contributed by atoms with Gasteiger partial charge in [0.25, 0.3) is 0 Å². The van der Waals surface area contributed by atoms with E-state index in [1.54, 1.807) is 12.1 Å². The first-order chi connectivity index (χ1) is 13.2. The molecule has 0 amide bonds. The van der Waals surface area contributed by atoms with Gasteiger partial charge in [0, 0.05) is 17.2 Å². The third-order valence-electron chi connectivity index (χ3n) is 6.20. The van der Waals surface area contributed by atoms with Crippen molar-refractivity contribution < 1.29 is 34.4 Å². The minimum absolute atomic E-state index is 0.0709. The van der Waals surface area contributed by atoms with Crippen molar-refractivity contribution in [2.75, 3.05) is 7.11 Å². The molecule has 1 fully saturated rings. The van der Waals surface area contributed by atoms with E-state index in [0.717, 1.165) is 0 Å². The first-order valence-corrected chi connectivity index (χ1v) is 9.07. The number of phenols is 2. The van der Waals surface area contributed by atoms with Crippen molar-refractivity contribution in [2.45, 2.75) is 31.8 Å². The number of hydrogen-bond donors (Lipinski definition) is 3. The summed E-state index contributed by atoms with van der Waals surface area (Å²) in [5.74, 6) is -3.67. The molecule has 2 aliphatic carbocycles. The van der Waals surface area contributed by atoms with Crippen LogP contribution in [-0.2, 0) is 4.79 Å². The molecule has 28 heavy (non-hydrogen) atoms. The van der Waals surface area contributed by atoms with Gasteiger partial charge in [-0.25, -0.2) is 0 Å². The number of aliphatic hydroxyl groups is 1. The molecule has 3 atom stereocenters. The lowest BCUT2D eigenvalue weighted by Crippen LogP contribution is -2.50. The molecule has 0 spiro atoms. The van der Waals surface area contributed by atoms with Gasteiger partial charge >= 0.3 is 0 Å². The largest absolute Gasteiger partial charge is 0.507 e. The summed E-state index contributed by atoms with van der Waals surface area (Å²) in [5.41, 5.74) is -2.13. The van der Waals surface area contributed by atoms with Crippen molar-refractivity contribution in [3.8, 4) is 17.2 Å². The van der Waals surface area contributed by atoms with Gasteiger partial charge in [-0.3, -0.25) is 14.4 Å². The highest BCUT2D eigenvalue weighted by atomic mass is 16.5. The normalized spacial score (nSPS) is 26.7. The number of rotatable bonds is 2.